The molecule has 0 amide bonds. The molecule has 2 aromatic rings. The molecular weight excluding hydrogens is 496 g/mol. The van der Waals surface area contributed by atoms with Crippen LogP contribution in [0.1, 0.15) is 0 Å². The molecule has 0 heterocycles. The highest BCUT2D eigenvalue weighted by Crippen LogP contribution is 2.24. The Balaban J connectivity index is 1.42. The van der Waals surface area contributed by atoms with E-state index in [1.54, 1.807) is 48.5 Å². The highest BCUT2D eigenvalue weighted by molar-refractivity contribution is 6.58. The van der Waals surface area contributed by atoms with Crippen molar-refractivity contribution in [3.63, 3.8) is 0 Å². The predicted molar refractivity (Wildman–Crippen MR) is 137 cm³/mol. The molecule has 0 unspecified atom stereocenters. The molecule has 6 N–H and O–H groups in total. The number of aliphatic hydroxyl groups is 4. The van der Waals surface area contributed by atoms with Crippen molar-refractivity contribution in [2.75, 3.05) is 10.9 Å². The number of carbonyl (C=O) groups is 4. The van der Waals surface area contributed by atoms with Gasteiger partial charge < -0.3 is 20.4 Å². The predicted octanol–water partition coefficient (Wildman–Crippen LogP) is 2.96. The lowest BCUT2D eigenvalue weighted by molar-refractivity contribution is -0.118. The van der Waals surface area contributed by atoms with Gasteiger partial charge in [-0.15, -0.1) is 0 Å². The van der Waals surface area contributed by atoms with Crippen LogP contribution in [-0.4, -0.2) is 55.0 Å². The number of hydrazone groups is 2. The lowest BCUT2D eigenvalue weighted by Crippen LogP contribution is -2.26. The Morgan fingerprint density at radius 2 is 0.868 bits per heavy atom. The van der Waals surface area contributed by atoms with Crippen molar-refractivity contribution < 1.29 is 39.6 Å². The fourth-order valence-corrected chi connectivity index (χ4v) is 3.43. The number of benzene rings is 2. The number of hydrogen-bond donors (Lipinski definition) is 6. The van der Waals surface area contributed by atoms with Crippen molar-refractivity contribution in [2.24, 2.45) is 10.2 Å². The van der Waals surface area contributed by atoms with Gasteiger partial charge in [-0.2, -0.15) is 10.2 Å². The van der Waals surface area contributed by atoms with Crippen LogP contribution in [0.3, 0.4) is 0 Å². The van der Waals surface area contributed by atoms with E-state index >= 15 is 0 Å². The Morgan fingerprint density at radius 1 is 0.526 bits per heavy atom. The minimum atomic E-state index is -1.36. The zero-order valence-electron chi connectivity index (χ0n) is 19.2. The van der Waals surface area contributed by atoms with Crippen LogP contribution in [0.5, 0.6) is 0 Å². The van der Waals surface area contributed by atoms with Gasteiger partial charge >= 0.3 is 0 Å². The zero-order chi connectivity index (χ0) is 27.4. The third kappa shape index (κ3) is 5.23. The summed E-state index contributed by atoms with van der Waals surface area (Å²) in [5.41, 5.74) is 6.23. The van der Waals surface area contributed by atoms with E-state index in [-0.39, 0.29) is 11.4 Å². The maximum Gasteiger partial charge on any atom is 0.289 e. The molecule has 2 aliphatic rings. The quantitative estimate of drug-likeness (QED) is 0.149. The fourth-order valence-electron chi connectivity index (χ4n) is 3.43. The summed E-state index contributed by atoms with van der Waals surface area (Å²) in [7, 11) is 0. The molecule has 0 aromatic heterocycles. The van der Waals surface area contributed by atoms with E-state index in [9.17, 15) is 19.2 Å². The number of anilines is 2. The van der Waals surface area contributed by atoms with Gasteiger partial charge in [0.1, 0.15) is 11.4 Å². The second-order valence-corrected chi connectivity index (χ2v) is 7.82. The molecule has 12 heteroatoms. The average molecular weight is 514 g/mol. The van der Waals surface area contributed by atoms with Gasteiger partial charge in [0.25, 0.3) is 11.9 Å². The van der Waals surface area contributed by atoms with E-state index < -0.39 is 46.2 Å². The van der Waals surface area contributed by atoms with Gasteiger partial charge in [0, 0.05) is 0 Å². The number of nitrogens with one attached hydrogen (secondary N) is 2. The van der Waals surface area contributed by atoms with Gasteiger partial charge in [-0.3, -0.25) is 30.0 Å². The van der Waals surface area contributed by atoms with Gasteiger partial charge in [-0.1, -0.05) is 24.3 Å². The third-order valence-corrected chi connectivity index (χ3v) is 5.36. The molecule has 38 heavy (non-hydrogen) atoms. The first-order valence-electron chi connectivity index (χ1n) is 10.8. The van der Waals surface area contributed by atoms with E-state index in [1.807, 2.05) is 0 Å². The van der Waals surface area contributed by atoms with E-state index in [0.29, 0.717) is 11.4 Å². The molecular formula is C26H18N4O8. The molecule has 0 aliphatic heterocycles. The van der Waals surface area contributed by atoms with Crippen molar-refractivity contribution in [3.8, 4) is 11.1 Å². The number of carbonyl (C=O) groups excluding carboxylic acids is 4. The summed E-state index contributed by atoms with van der Waals surface area (Å²) in [5, 5.41) is 44.4. The van der Waals surface area contributed by atoms with Gasteiger partial charge in [-0.25, -0.2) is 0 Å². The maximum absolute atomic E-state index is 12.2. The van der Waals surface area contributed by atoms with Gasteiger partial charge in [0.2, 0.25) is 11.6 Å². The molecule has 2 aliphatic carbocycles. The number of rotatable bonds is 5. The summed E-state index contributed by atoms with van der Waals surface area (Å²) in [5.74, 6) is -6.20. The molecule has 0 saturated carbocycles. The van der Waals surface area contributed by atoms with Gasteiger partial charge in [0.05, 0.1) is 11.4 Å². The van der Waals surface area contributed by atoms with Crippen molar-refractivity contribution in [1.82, 2.24) is 0 Å². The van der Waals surface area contributed by atoms with Crippen molar-refractivity contribution >= 4 is 45.9 Å². The molecule has 0 spiro atoms. The Labute approximate surface area is 213 Å². The first-order valence-corrected chi connectivity index (χ1v) is 10.8. The van der Waals surface area contributed by atoms with E-state index in [1.165, 1.54) is 12.2 Å². The number of Topliss-reactive ketones (excluding diaryl/α,β-unsaturated/α-hetero) is 2. The molecule has 0 radical (unpaired) electrons. The van der Waals surface area contributed by atoms with E-state index in [4.69, 9.17) is 20.4 Å². The smallest absolute Gasteiger partial charge is 0.289 e. The number of nitrogens with zero attached hydrogens (tertiary/aromatic N) is 2. The molecule has 2 aromatic carbocycles. The average Bonchev–Trinajstić information content (AvgIpc) is 2.88. The second-order valence-electron chi connectivity index (χ2n) is 7.82. The lowest BCUT2D eigenvalue weighted by atomic mass is 9.97. The fraction of sp³-hybridized carbons (Fsp3) is 0. The summed E-state index contributed by atoms with van der Waals surface area (Å²) in [6.07, 6.45) is 4.36. The first kappa shape index (κ1) is 25.3. The Kier molecular flexibility index (Phi) is 6.97. The largest absolute Gasteiger partial charge is 0.480 e. The highest BCUT2D eigenvalue weighted by Gasteiger charge is 2.30. The van der Waals surface area contributed by atoms with Crippen molar-refractivity contribution in [1.29, 1.82) is 0 Å². The topological polar surface area (TPSA) is 198 Å². The molecule has 0 saturated heterocycles. The van der Waals surface area contributed by atoms with Crippen LogP contribution < -0.4 is 10.9 Å². The molecule has 12 nitrogen and oxygen atoms in total. The Morgan fingerprint density at radius 3 is 1.18 bits per heavy atom. The van der Waals surface area contributed by atoms with Crippen LogP contribution in [0.15, 0.2) is 106 Å². The Bertz CT molecular complexity index is 1420. The summed E-state index contributed by atoms with van der Waals surface area (Å²) < 4.78 is 0. The van der Waals surface area contributed by atoms with Crippen LogP contribution >= 0.6 is 0 Å². The highest BCUT2D eigenvalue weighted by atomic mass is 16.5. The Hall–Kier alpha value is -5.78. The van der Waals surface area contributed by atoms with Crippen LogP contribution in [-0.2, 0) is 19.2 Å². The zero-order valence-corrected chi connectivity index (χ0v) is 19.2. The molecule has 4 rings (SSSR count). The third-order valence-electron chi connectivity index (χ3n) is 5.36. The maximum atomic E-state index is 12.2. The SMILES string of the molecule is O=C1C=C/C(=N\Nc2ccc(-c3ccc(N/N=C4\C=CC(=O)C(=C(O)O)C4=O)cc3)cc2)C(=O)C1=C(O)O. The number of hydrogen-bond acceptors (Lipinski definition) is 12. The minimum absolute atomic E-state index is 0.173. The molecule has 0 atom stereocenters. The van der Waals surface area contributed by atoms with Crippen molar-refractivity contribution in [3.05, 3.63) is 95.9 Å². The van der Waals surface area contributed by atoms with Gasteiger partial charge in [-0.05, 0) is 59.7 Å². The summed E-state index contributed by atoms with van der Waals surface area (Å²) in [6, 6.07) is 13.9. The van der Waals surface area contributed by atoms with Crippen LogP contribution in [0.4, 0.5) is 11.4 Å². The van der Waals surface area contributed by atoms with Crippen LogP contribution in [0.25, 0.3) is 11.1 Å². The summed E-state index contributed by atoms with van der Waals surface area (Å²) >= 11 is 0. The standard InChI is InChI=1S/C26H18N4O8/c31-19-11-9-17(23(33)21(19)25(35)36)29-27-15-5-1-13(2-6-15)14-3-7-16(8-4-14)28-30-18-10-12-20(32)22(24(18)34)26(37)38/h1-12,27-28,35-38H/b29-17+,30-18+. The number of ketones is 4. The van der Waals surface area contributed by atoms with Gasteiger partial charge in [0.15, 0.2) is 22.7 Å². The van der Waals surface area contributed by atoms with E-state index in [0.717, 1.165) is 23.3 Å². The molecule has 0 bridgehead atoms. The van der Waals surface area contributed by atoms with Crippen molar-refractivity contribution in [2.45, 2.75) is 0 Å². The first-order chi connectivity index (χ1) is 18.2. The normalized spacial score (nSPS) is 17.4. The second kappa shape index (κ2) is 10.5. The van der Waals surface area contributed by atoms with Crippen LogP contribution in [0.2, 0.25) is 0 Å². The number of aliphatic hydroxyl groups excluding tert-OH is 2. The molecule has 0 fully saturated rings. The van der Waals surface area contributed by atoms with Crippen LogP contribution in [0, 0.1) is 0 Å². The monoisotopic (exact) mass is 514 g/mol. The summed E-state index contributed by atoms with van der Waals surface area (Å²) in [6.45, 7) is 0. The minimum Gasteiger partial charge on any atom is -0.480 e. The van der Waals surface area contributed by atoms with E-state index in [2.05, 4.69) is 21.1 Å². The molecule has 190 valence electrons. The summed E-state index contributed by atoms with van der Waals surface area (Å²) in [4.78, 5) is 47.6. The lowest BCUT2D eigenvalue weighted by Gasteiger charge is -2.10. The number of allylic oxidation sites excluding steroid dienone is 6.